The number of aromatic nitrogens is 4. The maximum Gasteiger partial charge on any atom is 0.253 e. The van der Waals surface area contributed by atoms with E-state index in [4.69, 9.17) is 11.6 Å². The highest BCUT2D eigenvalue weighted by Gasteiger charge is 2.17. The quantitative estimate of drug-likeness (QED) is 0.512. The molecule has 2 aromatic carbocycles. The molecule has 0 atom stereocenters. The lowest BCUT2D eigenvalue weighted by atomic mass is 10.1. The second-order valence-corrected chi connectivity index (χ2v) is 7.82. The Morgan fingerprint density at radius 2 is 1.77 bits per heavy atom. The summed E-state index contributed by atoms with van der Waals surface area (Å²) in [7, 11) is 0. The Morgan fingerprint density at radius 1 is 1.03 bits per heavy atom. The molecule has 4 aromatic rings. The van der Waals surface area contributed by atoms with Crippen LogP contribution in [0.15, 0.2) is 42.5 Å². The number of benzene rings is 2. The van der Waals surface area contributed by atoms with Gasteiger partial charge in [0.15, 0.2) is 5.82 Å². The van der Waals surface area contributed by atoms with Crippen LogP contribution in [0.5, 0.6) is 0 Å². The number of halogens is 1. The van der Waals surface area contributed by atoms with Crippen molar-refractivity contribution < 1.29 is 4.79 Å². The number of nitrogens with zero attached hydrogens (tertiary/aromatic N) is 4. The zero-order chi connectivity index (χ0) is 21.4. The van der Waals surface area contributed by atoms with Crippen LogP contribution in [0.3, 0.4) is 0 Å². The third-order valence-electron chi connectivity index (χ3n) is 5.37. The Kier molecular flexibility index (Phi) is 5.26. The first-order chi connectivity index (χ1) is 14.3. The molecule has 2 aromatic heterocycles. The van der Waals surface area contributed by atoms with Crippen molar-refractivity contribution in [3.63, 3.8) is 0 Å². The highest BCUT2D eigenvalue weighted by atomic mass is 35.5. The van der Waals surface area contributed by atoms with E-state index in [-0.39, 0.29) is 12.3 Å². The fourth-order valence-corrected chi connectivity index (χ4v) is 3.55. The molecule has 1 amide bonds. The molecule has 6 nitrogen and oxygen atoms in total. The number of fused-ring (bicyclic) bond motifs is 1. The second kappa shape index (κ2) is 7.88. The summed E-state index contributed by atoms with van der Waals surface area (Å²) in [6.07, 6.45) is 0.212. The molecule has 30 heavy (non-hydrogen) atoms. The molecule has 0 aliphatic rings. The Labute approximate surface area is 179 Å². The zero-order valence-corrected chi connectivity index (χ0v) is 18.1. The number of hydrogen-bond acceptors (Lipinski definition) is 4. The number of hydrogen-bond donors (Lipinski definition) is 1. The third-order valence-corrected chi connectivity index (χ3v) is 5.62. The first-order valence-corrected chi connectivity index (χ1v) is 10.1. The smallest absolute Gasteiger partial charge is 0.253 e. The highest BCUT2D eigenvalue weighted by Crippen LogP contribution is 2.22. The normalized spacial score (nSPS) is 11.1. The molecular formula is C23H22ClN5O. The number of nitrogens with one attached hydrogen (secondary N) is 1. The van der Waals surface area contributed by atoms with Crippen LogP contribution in [-0.2, 0) is 11.2 Å². The minimum Gasteiger partial charge on any atom is -0.326 e. The topological polar surface area (TPSA) is 72.2 Å². The molecule has 0 bridgehead atoms. The van der Waals surface area contributed by atoms with E-state index in [2.05, 4.69) is 20.4 Å². The first kappa shape index (κ1) is 20.0. The number of anilines is 1. The van der Waals surface area contributed by atoms with Gasteiger partial charge in [-0.05, 0) is 69.2 Å². The Hall–Kier alpha value is -3.25. The van der Waals surface area contributed by atoms with Gasteiger partial charge < -0.3 is 5.32 Å². The van der Waals surface area contributed by atoms with Gasteiger partial charge in [0.1, 0.15) is 0 Å². The van der Waals surface area contributed by atoms with Gasteiger partial charge in [-0.2, -0.15) is 4.98 Å². The average molecular weight is 420 g/mol. The van der Waals surface area contributed by atoms with E-state index in [9.17, 15) is 4.79 Å². The Balaban J connectivity index is 1.65. The van der Waals surface area contributed by atoms with Gasteiger partial charge in [-0.15, -0.1) is 5.10 Å². The first-order valence-electron chi connectivity index (χ1n) is 9.68. The van der Waals surface area contributed by atoms with Gasteiger partial charge in [-0.1, -0.05) is 23.7 Å². The number of rotatable bonds is 4. The van der Waals surface area contributed by atoms with Crippen LogP contribution in [0.4, 0.5) is 5.69 Å². The highest BCUT2D eigenvalue weighted by molar-refractivity contribution is 6.30. The van der Waals surface area contributed by atoms with Crippen molar-refractivity contribution in [2.24, 2.45) is 0 Å². The average Bonchev–Trinajstić information content (AvgIpc) is 3.13. The summed E-state index contributed by atoms with van der Waals surface area (Å²) in [5, 5.41) is 8.27. The third kappa shape index (κ3) is 3.78. The summed E-state index contributed by atoms with van der Waals surface area (Å²) in [5.41, 5.74) is 6.36. The van der Waals surface area contributed by atoms with Crippen LogP contribution in [0.2, 0.25) is 5.02 Å². The SMILES string of the molecule is Cc1cccc(NC(=O)Cc2c(C)nc3nc(-c4ccc(Cl)cc4)nn3c2C)c1C. The van der Waals surface area contributed by atoms with Crippen molar-refractivity contribution in [3.8, 4) is 11.4 Å². The number of amides is 1. The van der Waals surface area contributed by atoms with Crippen molar-refractivity contribution >= 4 is 29.0 Å². The predicted octanol–water partition coefficient (Wildman–Crippen LogP) is 4.86. The van der Waals surface area contributed by atoms with Gasteiger partial charge in [-0.25, -0.2) is 9.50 Å². The lowest BCUT2D eigenvalue weighted by molar-refractivity contribution is -0.115. The van der Waals surface area contributed by atoms with E-state index in [1.54, 1.807) is 16.6 Å². The number of carbonyl (C=O) groups excluding carboxylic acids is 1. The number of aryl methyl sites for hydroxylation is 3. The lowest BCUT2D eigenvalue weighted by Crippen LogP contribution is -2.18. The van der Waals surface area contributed by atoms with Gasteiger partial charge in [0.2, 0.25) is 5.91 Å². The summed E-state index contributed by atoms with van der Waals surface area (Å²) >= 11 is 5.97. The van der Waals surface area contributed by atoms with Crippen molar-refractivity contribution in [3.05, 3.63) is 75.6 Å². The monoisotopic (exact) mass is 419 g/mol. The molecule has 0 unspecified atom stereocenters. The van der Waals surface area contributed by atoms with Crippen LogP contribution in [0, 0.1) is 27.7 Å². The molecule has 7 heteroatoms. The van der Waals surface area contributed by atoms with E-state index in [0.717, 1.165) is 39.3 Å². The molecule has 0 fully saturated rings. The van der Waals surface area contributed by atoms with Crippen LogP contribution in [0.25, 0.3) is 17.2 Å². The van der Waals surface area contributed by atoms with Crippen molar-refractivity contribution in [2.75, 3.05) is 5.32 Å². The van der Waals surface area contributed by atoms with Crippen molar-refractivity contribution in [1.82, 2.24) is 19.6 Å². The summed E-state index contributed by atoms with van der Waals surface area (Å²) in [4.78, 5) is 21.9. The van der Waals surface area contributed by atoms with E-state index in [0.29, 0.717) is 16.6 Å². The summed E-state index contributed by atoms with van der Waals surface area (Å²) < 4.78 is 1.69. The van der Waals surface area contributed by atoms with Crippen molar-refractivity contribution in [1.29, 1.82) is 0 Å². The second-order valence-electron chi connectivity index (χ2n) is 7.39. The molecule has 1 N–H and O–H groups in total. The lowest BCUT2D eigenvalue weighted by Gasteiger charge is -2.13. The van der Waals surface area contributed by atoms with E-state index in [1.165, 1.54) is 0 Å². The fraction of sp³-hybridized carbons (Fsp3) is 0.217. The summed E-state index contributed by atoms with van der Waals surface area (Å²) in [6, 6.07) is 13.2. The van der Waals surface area contributed by atoms with Gasteiger partial charge >= 0.3 is 0 Å². The minimum atomic E-state index is -0.0888. The molecule has 0 aliphatic heterocycles. The maximum absolute atomic E-state index is 12.7. The molecular weight excluding hydrogens is 398 g/mol. The predicted molar refractivity (Wildman–Crippen MR) is 119 cm³/mol. The zero-order valence-electron chi connectivity index (χ0n) is 17.3. The molecule has 0 spiro atoms. The van der Waals surface area contributed by atoms with Gasteiger partial charge in [-0.3, -0.25) is 4.79 Å². The van der Waals surface area contributed by atoms with Crippen molar-refractivity contribution in [2.45, 2.75) is 34.1 Å². The van der Waals surface area contributed by atoms with Gasteiger partial charge in [0.05, 0.1) is 6.42 Å². The molecule has 2 heterocycles. The fourth-order valence-electron chi connectivity index (χ4n) is 3.43. The largest absolute Gasteiger partial charge is 0.326 e. The molecule has 152 valence electrons. The Morgan fingerprint density at radius 3 is 2.50 bits per heavy atom. The number of carbonyl (C=O) groups is 1. The summed E-state index contributed by atoms with van der Waals surface area (Å²) in [5.74, 6) is 0.987. The molecule has 0 saturated heterocycles. The molecule has 0 aliphatic carbocycles. The van der Waals surface area contributed by atoms with Gasteiger partial charge in [0.25, 0.3) is 5.78 Å². The van der Waals surface area contributed by atoms with Crippen LogP contribution in [-0.4, -0.2) is 25.5 Å². The minimum absolute atomic E-state index is 0.0888. The molecule has 4 rings (SSSR count). The van der Waals surface area contributed by atoms with E-state index >= 15 is 0 Å². The van der Waals surface area contributed by atoms with Crippen LogP contribution >= 0.6 is 11.6 Å². The van der Waals surface area contributed by atoms with Gasteiger partial charge in [0, 0.05) is 33.2 Å². The maximum atomic E-state index is 12.7. The Bertz CT molecular complexity index is 1260. The summed E-state index contributed by atoms with van der Waals surface area (Å²) in [6.45, 7) is 7.86. The van der Waals surface area contributed by atoms with E-state index < -0.39 is 0 Å². The van der Waals surface area contributed by atoms with Crippen LogP contribution in [0.1, 0.15) is 28.1 Å². The molecule has 0 radical (unpaired) electrons. The van der Waals surface area contributed by atoms with Crippen LogP contribution < -0.4 is 5.32 Å². The standard InChI is InChI=1S/C23H22ClN5O/c1-13-6-5-7-20(14(13)2)26-21(30)12-19-15(3)25-23-27-22(28-29(23)16(19)4)17-8-10-18(24)11-9-17/h5-11H,12H2,1-4H3,(H,26,30). The molecule has 0 saturated carbocycles. The van der Waals surface area contributed by atoms with E-state index in [1.807, 2.05) is 58.0 Å².